The van der Waals surface area contributed by atoms with Gasteiger partial charge in [0.25, 0.3) is 5.91 Å². The monoisotopic (exact) mass is 435 g/mol. The number of rotatable bonds is 9. The van der Waals surface area contributed by atoms with Gasteiger partial charge in [0, 0.05) is 18.5 Å². The first-order chi connectivity index (χ1) is 15.6. The number of aromatic nitrogens is 1. The molecule has 1 aliphatic carbocycles. The lowest BCUT2D eigenvalue weighted by Gasteiger charge is -2.18. The van der Waals surface area contributed by atoms with Gasteiger partial charge in [0.05, 0.1) is 19.8 Å². The Balaban J connectivity index is 1.52. The maximum Gasteiger partial charge on any atom is 0.274 e. The van der Waals surface area contributed by atoms with Crippen LogP contribution in [0, 0.1) is 0 Å². The first-order valence-electron chi connectivity index (χ1n) is 10.4. The topological polar surface area (TPSA) is 103 Å². The highest BCUT2D eigenvalue weighted by molar-refractivity contribution is 5.97. The van der Waals surface area contributed by atoms with Gasteiger partial charge in [0.1, 0.15) is 17.5 Å². The molecule has 0 unspecified atom stereocenters. The Kier molecular flexibility index (Phi) is 6.39. The fourth-order valence-electron chi connectivity index (χ4n) is 3.34. The van der Waals surface area contributed by atoms with E-state index in [1.54, 1.807) is 32.4 Å². The molecule has 166 valence electrons. The van der Waals surface area contributed by atoms with Gasteiger partial charge in [-0.25, -0.2) is 0 Å². The van der Waals surface area contributed by atoms with Crippen molar-refractivity contribution >= 4 is 11.8 Å². The van der Waals surface area contributed by atoms with Crippen molar-refractivity contribution in [2.24, 2.45) is 0 Å². The molecule has 0 aliphatic heterocycles. The third-order valence-electron chi connectivity index (χ3n) is 5.24. The molecule has 1 aliphatic rings. The highest BCUT2D eigenvalue weighted by Crippen LogP contribution is 2.33. The summed E-state index contributed by atoms with van der Waals surface area (Å²) in [5, 5.41) is 9.66. The van der Waals surface area contributed by atoms with Crippen molar-refractivity contribution in [1.82, 2.24) is 15.8 Å². The van der Waals surface area contributed by atoms with E-state index in [-0.39, 0.29) is 17.6 Å². The van der Waals surface area contributed by atoms with Crippen molar-refractivity contribution in [3.05, 3.63) is 65.9 Å². The quantitative estimate of drug-likeness (QED) is 0.536. The van der Waals surface area contributed by atoms with E-state index in [0.29, 0.717) is 29.2 Å². The second kappa shape index (κ2) is 9.55. The van der Waals surface area contributed by atoms with Gasteiger partial charge in [0.2, 0.25) is 5.91 Å². The van der Waals surface area contributed by atoms with Gasteiger partial charge < -0.3 is 24.6 Å². The van der Waals surface area contributed by atoms with Crippen molar-refractivity contribution in [2.45, 2.75) is 31.3 Å². The van der Waals surface area contributed by atoms with Crippen molar-refractivity contribution < 1.29 is 23.6 Å². The summed E-state index contributed by atoms with van der Waals surface area (Å²) < 4.78 is 16.0. The lowest BCUT2D eigenvalue weighted by molar-refractivity contribution is -0.123. The van der Waals surface area contributed by atoms with E-state index < -0.39 is 11.9 Å². The van der Waals surface area contributed by atoms with Gasteiger partial charge in [-0.1, -0.05) is 35.5 Å². The number of methoxy groups -OCH3 is 2. The largest absolute Gasteiger partial charge is 0.497 e. The standard InChI is InChI=1S/C24H25N3O5/c1-30-17-10-11-21(31-2)18(13-17)22-14-20(27-32-22)24(29)26-19(23(28)25-16-8-9-16)12-15-6-4-3-5-7-15/h3-7,10-11,13-14,16,19H,8-9,12H2,1-2H3,(H,25,28)(H,26,29)/t19-/m1/s1. The van der Waals surface area contributed by atoms with Crippen molar-refractivity contribution in [1.29, 1.82) is 0 Å². The molecule has 3 aromatic rings. The molecule has 1 aromatic heterocycles. The Bertz CT molecular complexity index is 1090. The summed E-state index contributed by atoms with van der Waals surface area (Å²) in [5.41, 5.74) is 1.62. The molecule has 1 fully saturated rings. The number of carbonyl (C=O) groups excluding carboxylic acids is 2. The second-order valence-corrected chi connectivity index (χ2v) is 7.64. The first-order valence-corrected chi connectivity index (χ1v) is 10.4. The van der Waals surface area contributed by atoms with Crippen LogP contribution < -0.4 is 20.1 Å². The molecule has 8 nitrogen and oxygen atoms in total. The third-order valence-corrected chi connectivity index (χ3v) is 5.24. The summed E-state index contributed by atoms with van der Waals surface area (Å²) in [6.45, 7) is 0. The van der Waals surface area contributed by atoms with E-state index in [1.807, 2.05) is 30.3 Å². The number of carbonyl (C=O) groups is 2. The van der Waals surface area contributed by atoms with E-state index in [1.165, 1.54) is 6.07 Å². The van der Waals surface area contributed by atoms with Crippen LogP contribution in [-0.2, 0) is 11.2 Å². The van der Waals surface area contributed by atoms with Crippen LogP contribution in [0.25, 0.3) is 11.3 Å². The molecule has 2 amide bonds. The molecule has 0 saturated heterocycles. The summed E-state index contributed by atoms with van der Waals surface area (Å²) in [6, 6.07) is 15.8. The highest BCUT2D eigenvalue weighted by Gasteiger charge is 2.29. The molecular formula is C24H25N3O5. The smallest absolute Gasteiger partial charge is 0.274 e. The summed E-state index contributed by atoms with van der Waals surface area (Å²) in [5.74, 6) is 0.826. The van der Waals surface area contributed by atoms with E-state index >= 15 is 0 Å². The summed E-state index contributed by atoms with van der Waals surface area (Å²) >= 11 is 0. The molecule has 32 heavy (non-hydrogen) atoms. The molecular weight excluding hydrogens is 410 g/mol. The Morgan fingerprint density at radius 2 is 1.88 bits per heavy atom. The lowest BCUT2D eigenvalue weighted by atomic mass is 10.0. The summed E-state index contributed by atoms with van der Waals surface area (Å²) in [6.07, 6.45) is 2.30. The zero-order valence-corrected chi connectivity index (χ0v) is 18.0. The third kappa shape index (κ3) is 5.08. The number of hydrogen-bond donors (Lipinski definition) is 2. The summed E-state index contributed by atoms with van der Waals surface area (Å²) in [4.78, 5) is 25.6. The average molecular weight is 435 g/mol. The highest BCUT2D eigenvalue weighted by atomic mass is 16.5. The number of amides is 2. The predicted molar refractivity (Wildman–Crippen MR) is 118 cm³/mol. The minimum Gasteiger partial charge on any atom is -0.497 e. The van der Waals surface area contributed by atoms with Crippen molar-refractivity contribution in [3.8, 4) is 22.8 Å². The van der Waals surface area contributed by atoms with Crippen LogP contribution in [0.3, 0.4) is 0 Å². The molecule has 0 spiro atoms. The molecule has 8 heteroatoms. The van der Waals surface area contributed by atoms with E-state index in [2.05, 4.69) is 15.8 Å². The van der Waals surface area contributed by atoms with Crippen LogP contribution in [0.15, 0.2) is 59.1 Å². The van der Waals surface area contributed by atoms with Crippen LogP contribution in [0.1, 0.15) is 28.9 Å². The van der Waals surface area contributed by atoms with Gasteiger partial charge in [-0.05, 0) is 36.6 Å². The van der Waals surface area contributed by atoms with Crippen LogP contribution in [0.2, 0.25) is 0 Å². The molecule has 1 heterocycles. The Morgan fingerprint density at radius 1 is 1.09 bits per heavy atom. The Morgan fingerprint density at radius 3 is 2.56 bits per heavy atom. The van der Waals surface area contributed by atoms with Gasteiger partial charge in [0.15, 0.2) is 11.5 Å². The first kappa shape index (κ1) is 21.4. The van der Waals surface area contributed by atoms with Gasteiger partial charge in [-0.2, -0.15) is 0 Å². The van der Waals surface area contributed by atoms with E-state index in [9.17, 15) is 9.59 Å². The predicted octanol–water partition coefficient (Wildman–Crippen LogP) is 2.98. The fraction of sp³-hybridized carbons (Fsp3) is 0.292. The fourth-order valence-corrected chi connectivity index (χ4v) is 3.34. The molecule has 1 saturated carbocycles. The van der Waals surface area contributed by atoms with Gasteiger partial charge in [-0.3, -0.25) is 9.59 Å². The molecule has 1 atom stereocenters. The van der Waals surface area contributed by atoms with E-state index in [0.717, 1.165) is 18.4 Å². The number of hydrogen-bond acceptors (Lipinski definition) is 6. The number of ether oxygens (including phenoxy) is 2. The summed E-state index contributed by atoms with van der Waals surface area (Å²) in [7, 11) is 3.10. The van der Waals surface area contributed by atoms with Gasteiger partial charge in [-0.15, -0.1) is 0 Å². The van der Waals surface area contributed by atoms with Crippen molar-refractivity contribution in [2.75, 3.05) is 14.2 Å². The Labute approximate surface area is 185 Å². The SMILES string of the molecule is COc1ccc(OC)c(-c2cc(C(=O)N[C@H](Cc3ccccc3)C(=O)NC3CC3)no2)c1. The number of nitrogens with one attached hydrogen (secondary N) is 2. The number of benzene rings is 2. The second-order valence-electron chi connectivity index (χ2n) is 7.64. The maximum absolute atomic E-state index is 12.9. The van der Waals surface area contributed by atoms with E-state index in [4.69, 9.17) is 14.0 Å². The average Bonchev–Trinajstić information content (AvgIpc) is 3.49. The molecule has 2 N–H and O–H groups in total. The molecule has 0 bridgehead atoms. The van der Waals surface area contributed by atoms with Crippen LogP contribution in [0.5, 0.6) is 11.5 Å². The normalized spacial score (nSPS) is 13.8. The van der Waals surface area contributed by atoms with Crippen LogP contribution >= 0.6 is 0 Å². The zero-order valence-electron chi connectivity index (χ0n) is 18.0. The minimum absolute atomic E-state index is 0.0714. The van der Waals surface area contributed by atoms with Crippen molar-refractivity contribution in [3.63, 3.8) is 0 Å². The zero-order chi connectivity index (χ0) is 22.5. The van der Waals surface area contributed by atoms with Crippen LogP contribution in [-0.4, -0.2) is 43.3 Å². The molecule has 0 radical (unpaired) electrons. The minimum atomic E-state index is -0.725. The van der Waals surface area contributed by atoms with Crippen LogP contribution in [0.4, 0.5) is 0 Å². The Hall–Kier alpha value is -3.81. The lowest BCUT2D eigenvalue weighted by Crippen LogP contribution is -2.48. The maximum atomic E-state index is 12.9. The van der Waals surface area contributed by atoms with Gasteiger partial charge >= 0.3 is 0 Å². The molecule has 4 rings (SSSR count). The number of nitrogens with zero attached hydrogens (tertiary/aromatic N) is 1. The molecule has 2 aromatic carbocycles.